The van der Waals surface area contributed by atoms with Gasteiger partial charge in [0, 0.05) is 6.08 Å². The van der Waals surface area contributed by atoms with Crippen LogP contribution >= 0.6 is 0 Å². The van der Waals surface area contributed by atoms with Gasteiger partial charge in [0.2, 0.25) is 0 Å². The first-order valence-corrected chi connectivity index (χ1v) is 6.72. The molecule has 0 aromatic heterocycles. The van der Waals surface area contributed by atoms with Crippen molar-refractivity contribution in [2.75, 3.05) is 27.7 Å². The molecule has 0 heterocycles. The lowest BCUT2D eigenvalue weighted by atomic mass is 10.2. The second-order valence-corrected chi connectivity index (χ2v) is 5.87. The number of benzene rings is 1. The number of esters is 1. The molecule has 0 amide bonds. The topological polar surface area (TPSA) is 63.6 Å². The normalized spacial score (nSPS) is 13.1. The summed E-state index contributed by atoms with van der Waals surface area (Å²) >= 11 is 0. The summed E-state index contributed by atoms with van der Waals surface area (Å²) in [5.41, 5.74) is 0.885. The first-order valence-electron chi connectivity index (χ1n) is 6.72. The Morgan fingerprint density at radius 3 is 2.38 bits per heavy atom. The zero-order valence-electron chi connectivity index (χ0n) is 12.7. The first-order chi connectivity index (χ1) is 9.76. The average molecular weight is 292 g/mol. The van der Waals surface area contributed by atoms with Crippen molar-refractivity contribution in [1.29, 1.82) is 0 Å². The van der Waals surface area contributed by atoms with Gasteiger partial charge in [-0.15, -0.1) is 0 Å². The van der Waals surface area contributed by atoms with E-state index in [1.807, 2.05) is 51.5 Å². The lowest BCUT2D eigenvalue weighted by Crippen LogP contribution is -2.43. The maximum absolute atomic E-state index is 11.8. The number of ether oxygens (including phenoxy) is 1. The molecule has 114 valence electrons. The Morgan fingerprint density at radius 1 is 1.24 bits per heavy atom. The summed E-state index contributed by atoms with van der Waals surface area (Å²) in [5.74, 6) is -1.51. The molecule has 1 aromatic rings. The summed E-state index contributed by atoms with van der Waals surface area (Å²) in [6.45, 7) is 0.442. The van der Waals surface area contributed by atoms with E-state index in [1.165, 1.54) is 6.08 Å². The molecule has 5 heteroatoms. The van der Waals surface area contributed by atoms with Gasteiger partial charge in [0.25, 0.3) is 0 Å². The van der Waals surface area contributed by atoms with Crippen molar-refractivity contribution in [3.63, 3.8) is 0 Å². The molecule has 0 fully saturated rings. The van der Waals surface area contributed by atoms with Gasteiger partial charge in [-0.2, -0.15) is 0 Å². The molecule has 0 bridgehead atoms. The highest BCUT2D eigenvalue weighted by atomic mass is 16.5. The molecule has 21 heavy (non-hydrogen) atoms. The van der Waals surface area contributed by atoms with E-state index in [0.29, 0.717) is 11.0 Å². The monoisotopic (exact) mass is 292 g/mol. The van der Waals surface area contributed by atoms with Gasteiger partial charge in [0.1, 0.15) is 6.54 Å². The number of likely N-dealkylation sites (N-methyl/N-ethyl adjacent to an activating group) is 1. The number of carbonyl (C=O) groups is 2. The Balaban J connectivity index is 2.63. The average Bonchev–Trinajstić information content (AvgIpc) is 2.34. The SMILES string of the molecule is C[N+](C)(C)CC(CC(=O)O)OC(=O)C=Cc1ccccc1. The van der Waals surface area contributed by atoms with E-state index in [-0.39, 0.29) is 6.42 Å². The molecule has 1 atom stereocenters. The number of quaternary nitrogens is 1. The van der Waals surface area contributed by atoms with E-state index in [9.17, 15) is 9.59 Å². The van der Waals surface area contributed by atoms with Crippen LogP contribution in [0.3, 0.4) is 0 Å². The standard InChI is InChI=1S/C16H21NO4/c1-17(2,3)12-14(11-15(18)19)21-16(20)10-9-13-7-5-4-6-8-13/h4-10,14H,11-12H2,1-3H3/p+1. The van der Waals surface area contributed by atoms with Crippen LogP contribution < -0.4 is 0 Å². The Hall–Kier alpha value is -2.14. The van der Waals surface area contributed by atoms with Crippen molar-refractivity contribution >= 4 is 18.0 Å². The molecule has 0 aliphatic carbocycles. The summed E-state index contributed by atoms with van der Waals surface area (Å²) in [4.78, 5) is 22.6. The first kappa shape index (κ1) is 16.9. The number of carboxylic acid groups (broad SMARTS) is 1. The van der Waals surface area contributed by atoms with E-state index in [2.05, 4.69) is 0 Å². The van der Waals surface area contributed by atoms with Crippen molar-refractivity contribution < 1.29 is 23.9 Å². The Bertz CT molecular complexity index is 503. The third-order valence-corrected chi connectivity index (χ3v) is 2.65. The van der Waals surface area contributed by atoms with Gasteiger partial charge >= 0.3 is 11.9 Å². The third-order valence-electron chi connectivity index (χ3n) is 2.65. The Labute approximate surface area is 125 Å². The van der Waals surface area contributed by atoms with E-state index in [0.717, 1.165) is 5.56 Å². The summed E-state index contributed by atoms with van der Waals surface area (Å²) in [5, 5.41) is 8.89. The van der Waals surface area contributed by atoms with Crippen molar-refractivity contribution in [1.82, 2.24) is 0 Å². The van der Waals surface area contributed by atoms with Crippen LogP contribution in [0.5, 0.6) is 0 Å². The molecule has 0 saturated carbocycles. The summed E-state index contributed by atoms with van der Waals surface area (Å²) in [7, 11) is 5.76. The Kier molecular flexibility index (Phi) is 6.11. The molecule has 1 aromatic carbocycles. The molecule has 0 radical (unpaired) electrons. The fraction of sp³-hybridized carbons (Fsp3) is 0.375. The summed E-state index contributed by atoms with van der Waals surface area (Å²) in [6, 6.07) is 9.36. The predicted molar refractivity (Wildman–Crippen MR) is 80.5 cm³/mol. The van der Waals surface area contributed by atoms with Gasteiger partial charge in [-0.25, -0.2) is 4.79 Å². The highest BCUT2D eigenvalue weighted by Gasteiger charge is 2.23. The minimum absolute atomic E-state index is 0.194. The van der Waals surface area contributed by atoms with Crippen LogP contribution in [-0.4, -0.2) is 55.3 Å². The van der Waals surface area contributed by atoms with Crippen LogP contribution in [0.15, 0.2) is 36.4 Å². The van der Waals surface area contributed by atoms with E-state index >= 15 is 0 Å². The molecule has 1 unspecified atom stereocenters. The molecular weight excluding hydrogens is 270 g/mol. The van der Waals surface area contributed by atoms with Crippen LogP contribution in [-0.2, 0) is 14.3 Å². The molecule has 5 nitrogen and oxygen atoms in total. The van der Waals surface area contributed by atoms with Crippen molar-refractivity contribution in [3.05, 3.63) is 42.0 Å². The fourth-order valence-corrected chi connectivity index (χ4v) is 1.88. The molecular formula is C16H22NO4+. The number of carbonyl (C=O) groups excluding carboxylic acids is 1. The minimum Gasteiger partial charge on any atom is -0.481 e. The summed E-state index contributed by atoms with van der Waals surface area (Å²) < 4.78 is 5.76. The van der Waals surface area contributed by atoms with Crippen LogP contribution in [0, 0.1) is 0 Å². The van der Waals surface area contributed by atoms with Crippen molar-refractivity contribution in [3.8, 4) is 0 Å². The minimum atomic E-state index is -0.978. The maximum Gasteiger partial charge on any atom is 0.331 e. The number of aliphatic carboxylic acids is 1. The molecule has 1 N–H and O–H groups in total. The quantitative estimate of drug-likeness (QED) is 0.473. The molecule has 1 rings (SSSR count). The van der Waals surface area contributed by atoms with Crippen LogP contribution in [0.4, 0.5) is 0 Å². The van der Waals surface area contributed by atoms with Gasteiger partial charge in [-0.1, -0.05) is 30.3 Å². The van der Waals surface area contributed by atoms with Gasteiger partial charge in [-0.05, 0) is 11.6 Å². The number of hydrogen-bond acceptors (Lipinski definition) is 3. The zero-order chi connectivity index (χ0) is 15.9. The third kappa shape index (κ3) is 7.89. The van der Waals surface area contributed by atoms with E-state index in [1.54, 1.807) is 6.08 Å². The van der Waals surface area contributed by atoms with Gasteiger partial charge in [0.05, 0.1) is 27.6 Å². The predicted octanol–water partition coefficient (Wildman–Crippen LogP) is 1.79. The largest absolute Gasteiger partial charge is 0.481 e. The van der Waals surface area contributed by atoms with Gasteiger partial charge in [0.15, 0.2) is 6.10 Å². The maximum atomic E-state index is 11.8. The van der Waals surface area contributed by atoms with Crippen LogP contribution in [0.1, 0.15) is 12.0 Å². The highest BCUT2D eigenvalue weighted by Crippen LogP contribution is 2.07. The molecule has 0 spiro atoms. The number of hydrogen-bond donors (Lipinski definition) is 1. The molecule has 0 saturated heterocycles. The lowest BCUT2D eigenvalue weighted by molar-refractivity contribution is -0.873. The number of nitrogens with zero attached hydrogens (tertiary/aromatic N) is 1. The number of rotatable bonds is 7. The Morgan fingerprint density at radius 2 is 1.86 bits per heavy atom. The van der Waals surface area contributed by atoms with Crippen LogP contribution in [0.25, 0.3) is 6.08 Å². The fourth-order valence-electron chi connectivity index (χ4n) is 1.88. The summed E-state index contributed by atoms with van der Waals surface area (Å²) in [6.07, 6.45) is 2.13. The smallest absolute Gasteiger partial charge is 0.331 e. The van der Waals surface area contributed by atoms with E-state index in [4.69, 9.17) is 9.84 Å². The molecule has 0 aliphatic heterocycles. The highest BCUT2D eigenvalue weighted by molar-refractivity contribution is 5.87. The van der Waals surface area contributed by atoms with Gasteiger partial charge in [-0.3, -0.25) is 4.79 Å². The van der Waals surface area contributed by atoms with Crippen LogP contribution in [0.2, 0.25) is 0 Å². The van der Waals surface area contributed by atoms with E-state index < -0.39 is 18.0 Å². The lowest BCUT2D eigenvalue weighted by Gasteiger charge is -2.28. The second kappa shape index (κ2) is 7.59. The second-order valence-electron chi connectivity index (χ2n) is 5.87. The van der Waals surface area contributed by atoms with Gasteiger partial charge < -0.3 is 14.3 Å². The molecule has 0 aliphatic rings. The van der Waals surface area contributed by atoms with Crippen molar-refractivity contribution in [2.24, 2.45) is 0 Å². The number of carboxylic acids is 1. The van der Waals surface area contributed by atoms with Crippen molar-refractivity contribution in [2.45, 2.75) is 12.5 Å². The zero-order valence-corrected chi connectivity index (χ0v) is 12.7.